The van der Waals surface area contributed by atoms with Gasteiger partial charge in [-0.05, 0) is 19.9 Å². The third-order valence-corrected chi connectivity index (χ3v) is 1.62. The van der Waals surface area contributed by atoms with Crippen molar-refractivity contribution in [3.05, 3.63) is 22.8 Å². The van der Waals surface area contributed by atoms with Gasteiger partial charge in [0.1, 0.15) is 0 Å². The molecule has 0 aliphatic heterocycles. The highest BCUT2D eigenvalue weighted by Gasteiger charge is 2.06. The maximum absolute atomic E-state index is 8.98. The Morgan fingerprint density at radius 1 is 1.62 bits per heavy atom. The lowest BCUT2D eigenvalue weighted by atomic mass is 10.3. The predicted molar refractivity (Wildman–Crippen MR) is 50.9 cm³/mol. The smallest absolute Gasteiger partial charge is 0.219 e. The van der Waals surface area contributed by atoms with E-state index in [0.29, 0.717) is 16.5 Å². The molecular formula is C9H12ClNO2. The normalized spacial score (nSPS) is 10.5. The van der Waals surface area contributed by atoms with Crippen LogP contribution in [0.1, 0.15) is 19.4 Å². The summed E-state index contributed by atoms with van der Waals surface area (Å²) in [5, 5.41) is 9.48. The Bertz CT molecular complexity index is 289. The standard InChI is InChI=1S/C9H12ClNO2/c1-6(2)13-9-7(5-12)3-8(10)4-11-9/h3-4,6,12H,5H2,1-2H3. The molecule has 0 atom stereocenters. The summed E-state index contributed by atoms with van der Waals surface area (Å²) in [6.45, 7) is 3.69. The van der Waals surface area contributed by atoms with Gasteiger partial charge in [0.2, 0.25) is 5.88 Å². The zero-order chi connectivity index (χ0) is 9.84. The van der Waals surface area contributed by atoms with Gasteiger partial charge in [-0.25, -0.2) is 4.98 Å². The van der Waals surface area contributed by atoms with Crippen molar-refractivity contribution in [1.82, 2.24) is 4.98 Å². The summed E-state index contributed by atoms with van der Waals surface area (Å²) in [5.74, 6) is 0.446. The lowest BCUT2D eigenvalue weighted by Crippen LogP contribution is -2.08. The molecular weight excluding hydrogens is 190 g/mol. The third kappa shape index (κ3) is 2.86. The fourth-order valence-corrected chi connectivity index (χ4v) is 1.09. The number of ether oxygens (including phenoxy) is 1. The van der Waals surface area contributed by atoms with Gasteiger partial charge < -0.3 is 9.84 Å². The van der Waals surface area contributed by atoms with Gasteiger partial charge in [0.25, 0.3) is 0 Å². The molecule has 0 spiro atoms. The molecule has 72 valence electrons. The first-order valence-electron chi connectivity index (χ1n) is 4.05. The highest BCUT2D eigenvalue weighted by Crippen LogP contribution is 2.20. The molecule has 1 rings (SSSR count). The first-order valence-corrected chi connectivity index (χ1v) is 4.43. The minimum Gasteiger partial charge on any atom is -0.475 e. The summed E-state index contributed by atoms with van der Waals surface area (Å²) in [5.41, 5.74) is 0.612. The molecule has 0 aromatic carbocycles. The van der Waals surface area contributed by atoms with Crippen molar-refractivity contribution in [3.8, 4) is 5.88 Å². The summed E-state index contributed by atoms with van der Waals surface area (Å²) in [6, 6.07) is 1.65. The van der Waals surface area contributed by atoms with Gasteiger partial charge in [-0.3, -0.25) is 0 Å². The molecule has 0 radical (unpaired) electrons. The van der Waals surface area contributed by atoms with Crippen LogP contribution in [-0.4, -0.2) is 16.2 Å². The summed E-state index contributed by atoms with van der Waals surface area (Å²) < 4.78 is 5.36. The summed E-state index contributed by atoms with van der Waals surface area (Å²) in [4.78, 5) is 3.98. The van der Waals surface area contributed by atoms with E-state index in [1.54, 1.807) is 6.07 Å². The van der Waals surface area contributed by atoms with Crippen LogP contribution in [0.5, 0.6) is 5.88 Å². The number of halogens is 1. The molecule has 1 N–H and O–H groups in total. The molecule has 13 heavy (non-hydrogen) atoms. The number of aromatic nitrogens is 1. The Morgan fingerprint density at radius 3 is 2.85 bits per heavy atom. The molecule has 1 aromatic heterocycles. The van der Waals surface area contributed by atoms with Crippen molar-refractivity contribution in [3.63, 3.8) is 0 Å². The SMILES string of the molecule is CC(C)Oc1ncc(Cl)cc1CO. The second kappa shape index (κ2) is 4.44. The van der Waals surface area contributed by atoms with Crippen LogP contribution in [0.25, 0.3) is 0 Å². The fraction of sp³-hybridized carbons (Fsp3) is 0.444. The van der Waals surface area contributed by atoms with Gasteiger partial charge in [0.05, 0.1) is 17.7 Å². The lowest BCUT2D eigenvalue weighted by Gasteiger charge is -2.11. The largest absolute Gasteiger partial charge is 0.475 e. The molecule has 0 saturated carbocycles. The van der Waals surface area contributed by atoms with Crippen LogP contribution in [0.3, 0.4) is 0 Å². The molecule has 0 aliphatic carbocycles. The maximum atomic E-state index is 8.98. The first kappa shape index (κ1) is 10.3. The minimum atomic E-state index is -0.115. The van der Waals surface area contributed by atoms with E-state index in [-0.39, 0.29) is 12.7 Å². The van der Waals surface area contributed by atoms with Crippen LogP contribution >= 0.6 is 11.6 Å². The Kier molecular flexibility index (Phi) is 3.51. The highest BCUT2D eigenvalue weighted by molar-refractivity contribution is 6.30. The van der Waals surface area contributed by atoms with Gasteiger partial charge in [0, 0.05) is 11.8 Å². The van der Waals surface area contributed by atoms with Crippen molar-refractivity contribution in [1.29, 1.82) is 0 Å². The average molecular weight is 202 g/mol. The molecule has 1 heterocycles. The van der Waals surface area contributed by atoms with E-state index in [1.807, 2.05) is 13.8 Å². The summed E-state index contributed by atoms with van der Waals surface area (Å²) in [6.07, 6.45) is 1.54. The molecule has 0 amide bonds. The number of aliphatic hydroxyl groups excluding tert-OH is 1. The van der Waals surface area contributed by atoms with Crippen LogP contribution in [-0.2, 0) is 6.61 Å². The minimum absolute atomic E-state index is 0.0407. The number of rotatable bonds is 3. The number of aliphatic hydroxyl groups is 1. The van der Waals surface area contributed by atoms with E-state index in [1.165, 1.54) is 6.20 Å². The zero-order valence-electron chi connectivity index (χ0n) is 7.62. The van der Waals surface area contributed by atoms with E-state index < -0.39 is 0 Å². The monoisotopic (exact) mass is 201 g/mol. The molecule has 0 unspecified atom stereocenters. The zero-order valence-corrected chi connectivity index (χ0v) is 8.38. The van der Waals surface area contributed by atoms with Crippen molar-refractivity contribution in [2.75, 3.05) is 0 Å². The van der Waals surface area contributed by atoms with E-state index in [0.717, 1.165) is 0 Å². The van der Waals surface area contributed by atoms with Gasteiger partial charge >= 0.3 is 0 Å². The number of hydrogen-bond acceptors (Lipinski definition) is 3. The Morgan fingerprint density at radius 2 is 2.31 bits per heavy atom. The maximum Gasteiger partial charge on any atom is 0.219 e. The Balaban J connectivity index is 2.92. The topological polar surface area (TPSA) is 42.4 Å². The molecule has 0 aliphatic rings. The quantitative estimate of drug-likeness (QED) is 0.814. The van der Waals surface area contributed by atoms with Gasteiger partial charge in [0.15, 0.2) is 0 Å². The van der Waals surface area contributed by atoms with Gasteiger partial charge in [-0.2, -0.15) is 0 Å². The molecule has 4 heteroatoms. The van der Waals surface area contributed by atoms with Gasteiger partial charge in [-0.1, -0.05) is 11.6 Å². The Labute approximate surface area is 82.3 Å². The Hall–Kier alpha value is -0.800. The summed E-state index contributed by atoms with van der Waals surface area (Å²) >= 11 is 5.70. The molecule has 3 nitrogen and oxygen atoms in total. The lowest BCUT2D eigenvalue weighted by molar-refractivity contribution is 0.216. The van der Waals surface area contributed by atoms with Crippen LogP contribution < -0.4 is 4.74 Å². The molecule has 0 saturated heterocycles. The van der Waals surface area contributed by atoms with E-state index in [9.17, 15) is 0 Å². The number of pyridine rings is 1. The summed E-state index contributed by atoms with van der Waals surface area (Å²) in [7, 11) is 0. The first-order chi connectivity index (χ1) is 6.13. The fourth-order valence-electron chi connectivity index (χ4n) is 0.911. The van der Waals surface area contributed by atoms with Crippen molar-refractivity contribution in [2.45, 2.75) is 26.6 Å². The van der Waals surface area contributed by atoms with Gasteiger partial charge in [-0.15, -0.1) is 0 Å². The highest BCUT2D eigenvalue weighted by atomic mass is 35.5. The van der Waals surface area contributed by atoms with Crippen molar-refractivity contribution in [2.24, 2.45) is 0 Å². The second-order valence-electron chi connectivity index (χ2n) is 2.94. The number of hydrogen-bond donors (Lipinski definition) is 1. The van der Waals surface area contributed by atoms with Crippen LogP contribution in [0.2, 0.25) is 5.02 Å². The third-order valence-electron chi connectivity index (χ3n) is 1.41. The van der Waals surface area contributed by atoms with Crippen LogP contribution in [0, 0.1) is 0 Å². The molecule has 1 aromatic rings. The van der Waals surface area contributed by atoms with E-state index in [2.05, 4.69) is 4.98 Å². The van der Waals surface area contributed by atoms with Crippen molar-refractivity contribution < 1.29 is 9.84 Å². The van der Waals surface area contributed by atoms with Crippen LogP contribution in [0.4, 0.5) is 0 Å². The number of nitrogens with zero attached hydrogens (tertiary/aromatic N) is 1. The molecule has 0 bridgehead atoms. The predicted octanol–water partition coefficient (Wildman–Crippen LogP) is 2.01. The second-order valence-corrected chi connectivity index (χ2v) is 3.38. The molecule has 0 fully saturated rings. The van der Waals surface area contributed by atoms with E-state index >= 15 is 0 Å². The van der Waals surface area contributed by atoms with Crippen LogP contribution in [0.15, 0.2) is 12.3 Å². The average Bonchev–Trinajstić information content (AvgIpc) is 2.07. The van der Waals surface area contributed by atoms with E-state index in [4.69, 9.17) is 21.4 Å². The van der Waals surface area contributed by atoms with Crippen molar-refractivity contribution >= 4 is 11.6 Å².